The quantitative estimate of drug-likeness (QED) is 0.0222. The molecule has 3 unspecified atom stereocenters. The van der Waals surface area contributed by atoms with Crippen molar-refractivity contribution in [2.24, 2.45) is 17.8 Å². The Bertz CT molecular complexity index is 1840. The maximum atomic E-state index is 13.1. The summed E-state index contributed by atoms with van der Waals surface area (Å²) in [7, 11) is -9.91. The average Bonchev–Trinajstić information content (AvgIpc) is 2.61. The van der Waals surface area contributed by atoms with E-state index in [2.05, 4.69) is 48.5 Å². The minimum atomic E-state index is -4.96. The normalized spacial score (nSPS) is 14.4. The molecule has 0 saturated heterocycles. The summed E-state index contributed by atoms with van der Waals surface area (Å²) >= 11 is 0. The number of hydrogen-bond acceptors (Lipinski definition) is 15. The molecule has 0 aromatic rings. The van der Waals surface area contributed by atoms with Gasteiger partial charge in [-0.1, -0.05) is 331 Å². The molecule has 6 atom stereocenters. The third kappa shape index (κ3) is 67.3. The minimum absolute atomic E-state index is 0.105. The van der Waals surface area contributed by atoms with E-state index in [1.165, 1.54) is 193 Å². The SMILES string of the molecule is CCCCCCCCCCCCCCCCCCCCC(=O)O[C@H](COC(=O)CCCCCCCCCCCC(C)C)COP(=O)(O)OC[C@@H](O)COP(=O)(O)OC[C@@H](COC(=O)CCCCCCCCCCC(C)CC)OC(=O)CCCCCCCCCCCC(C)C. The molecule has 0 aliphatic heterocycles. The summed E-state index contributed by atoms with van der Waals surface area (Å²) in [6, 6.07) is 0. The van der Waals surface area contributed by atoms with Gasteiger partial charge in [0.1, 0.15) is 19.3 Å². The van der Waals surface area contributed by atoms with Crippen molar-refractivity contribution in [1.82, 2.24) is 0 Å². The van der Waals surface area contributed by atoms with E-state index in [0.717, 1.165) is 108 Å². The number of unbranched alkanes of at least 4 members (excludes halogenated alkanes) is 40. The Labute approximate surface area is 575 Å². The number of phosphoric ester groups is 2. The number of hydrogen-bond donors (Lipinski definition) is 3. The van der Waals surface area contributed by atoms with Crippen molar-refractivity contribution in [2.75, 3.05) is 39.6 Å². The number of rotatable bonds is 73. The van der Waals surface area contributed by atoms with Crippen LogP contribution in [-0.2, 0) is 65.4 Å². The van der Waals surface area contributed by atoms with Gasteiger partial charge in [0.15, 0.2) is 12.2 Å². The summed E-state index contributed by atoms with van der Waals surface area (Å²) in [4.78, 5) is 72.8. The molecule has 0 aromatic carbocycles. The molecule has 0 amide bonds. The molecule has 19 heteroatoms. The topological polar surface area (TPSA) is 237 Å². The van der Waals surface area contributed by atoms with Crippen LogP contribution in [0.5, 0.6) is 0 Å². The lowest BCUT2D eigenvalue weighted by Crippen LogP contribution is -2.30. The van der Waals surface area contributed by atoms with Gasteiger partial charge in [0.2, 0.25) is 0 Å². The van der Waals surface area contributed by atoms with Gasteiger partial charge in [0.25, 0.3) is 0 Å². The molecular formula is C75H146O17P2. The predicted octanol–water partition coefficient (Wildman–Crippen LogP) is 21.8. The highest BCUT2D eigenvalue weighted by Gasteiger charge is 2.30. The first-order valence-corrected chi connectivity index (χ1v) is 41.9. The number of carbonyl (C=O) groups is 4. The Kier molecular flexibility index (Phi) is 64.3. The van der Waals surface area contributed by atoms with Crippen LogP contribution < -0.4 is 0 Å². The molecule has 0 aromatic heterocycles. The monoisotopic (exact) mass is 1380 g/mol. The highest BCUT2D eigenvalue weighted by Crippen LogP contribution is 2.45. The van der Waals surface area contributed by atoms with Gasteiger partial charge in [-0.25, -0.2) is 9.13 Å². The van der Waals surface area contributed by atoms with E-state index in [9.17, 15) is 43.2 Å². The van der Waals surface area contributed by atoms with Crippen LogP contribution in [0.2, 0.25) is 0 Å². The first-order chi connectivity index (χ1) is 45.3. The van der Waals surface area contributed by atoms with Crippen molar-refractivity contribution in [1.29, 1.82) is 0 Å². The molecule has 0 spiro atoms. The fraction of sp³-hybridized carbons (Fsp3) is 0.947. The smallest absolute Gasteiger partial charge is 0.462 e. The van der Waals surface area contributed by atoms with Crippen molar-refractivity contribution in [3.63, 3.8) is 0 Å². The zero-order valence-corrected chi connectivity index (χ0v) is 63.2. The second-order valence-electron chi connectivity index (χ2n) is 28.2. The maximum Gasteiger partial charge on any atom is 0.472 e. The molecule has 17 nitrogen and oxygen atoms in total. The summed E-state index contributed by atoms with van der Waals surface area (Å²) in [5.74, 6) is 0.137. The number of ether oxygens (including phenoxy) is 4. The van der Waals surface area contributed by atoms with E-state index in [4.69, 9.17) is 37.0 Å². The Morgan fingerprint density at radius 1 is 0.309 bits per heavy atom. The highest BCUT2D eigenvalue weighted by atomic mass is 31.2. The van der Waals surface area contributed by atoms with Crippen LogP contribution in [0.1, 0.15) is 382 Å². The van der Waals surface area contributed by atoms with Gasteiger partial charge in [-0.05, 0) is 43.4 Å². The molecule has 0 aliphatic carbocycles. The molecule has 558 valence electrons. The van der Waals surface area contributed by atoms with Gasteiger partial charge in [-0.2, -0.15) is 0 Å². The summed E-state index contributed by atoms with van der Waals surface area (Å²) in [6.07, 6.45) is 51.3. The third-order valence-corrected chi connectivity index (χ3v) is 19.6. The molecular weight excluding hydrogens is 1230 g/mol. The van der Waals surface area contributed by atoms with Crippen molar-refractivity contribution in [3.8, 4) is 0 Å². The first kappa shape index (κ1) is 92.1. The van der Waals surface area contributed by atoms with Gasteiger partial charge in [-0.15, -0.1) is 0 Å². The molecule has 0 aliphatic rings. The van der Waals surface area contributed by atoms with Crippen molar-refractivity contribution in [3.05, 3.63) is 0 Å². The van der Waals surface area contributed by atoms with Gasteiger partial charge in [-0.3, -0.25) is 37.3 Å². The largest absolute Gasteiger partial charge is 0.472 e. The van der Waals surface area contributed by atoms with E-state index in [1.807, 2.05) is 0 Å². The van der Waals surface area contributed by atoms with E-state index >= 15 is 0 Å². The fourth-order valence-corrected chi connectivity index (χ4v) is 13.0. The standard InChI is InChI=1S/C75H146O17P2/c1-8-10-11-12-13-14-15-16-17-18-19-20-21-22-27-37-44-51-58-74(79)91-70(62-85-72(77)56-49-42-35-28-23-25-32-39-46-53-66(3)4)64-89-93(81,82)87-60-69(76)61-88-94(83,84)90-65-71(92-75(80)59-52-45-38-29-24-26-33-40-47-54-67(5)6)63-86-73(78)57-50-43-36-31-30-34-41-48-55-68(7)9-2/h66-71,76H,8-65H2,1-7H3,(H,81,82)(H,83,84)/t68?,69-,70-,71-/m1/s1. The Hall–Kier alpha value is -1.94. The first-order valence-electron chi connectivity index (χ1n) is 38.9. The number of phosphoric acid groups is 2. The summed E-state index contributed by atoms with van der Waals surface area (Å²) in [5.41, 5.74) is 0. The van der Waals surface area contributed by atoms with E-state index in [-0.39, 0.29) is 25.7 Å². The number of carbonyl (C=O) groups excluding carboxylic acids is 4. The Morgan fingerprint density at radius 2 is 0.543 bits per heavy atom. The Balaban J connectivity index is 5.25. The molecule has 0 fully saturated rings. The molecule has 0 radical (unpaired) electrons. The lowest BCUT2D eigenvalue weighted by molar-refractivity contribution is -0.161. The van der Waals surface area contributed by atoms with Crippen LogP contribution in [0.25, 0.3) is 0 Å². The molecule has 0 heterocycles. The molecule has 0 bridgehead atoms. The summed E-state index contributed by atoms with van der Waals surface area (Å²) < 4.78 is 68.5. The fourth-order valence-electron chi connectivity index (χ4n) is 11.4. The second-order valence-corrected chi connectivity index (χ2v) is 31.1. The zero-order valence-electron chi connectivity index (χ0n) is 61.4. The van der Waals surface area contributed by atoms with E-state index in [1.54, 1.807) is 0 Å². The van der Waals surface area contributed by atoms with Gasteiger partial charge >= 0.3 is 39.5 Å². The lowest BCUT2D eigenvalue weighted by atomic mass is 9.99. The minimum Gasteiger partial charge on any atom is -0.462 e. The van der Waals surface area contributed by atoms with Gasteiger partial charge in [0, 0.05) is 25.7 Å². The number of aliphatic hydroxyl groups excluding tert-OH is 1. The second kappa shape index (κ2) is 65.7. The van der Waals surface area contributed by atoms with Crippen molar-refractivity contribution >= 4 is 39.5 Å². The summed E-state index contributed by atoms with van der Waals surface area (Å²) in [5, 5.41) is 10.6. The predicted molar refractivity (Wildman–Crippen MR) is 381 cm³/mol. The van der Waals surface area contributed by atoms with Crippen LogP contribution in [0.3, 0.4) is 0 Å². The van der Waals surface area contributed by atoms with E-state index < -0.39 is 97.5 Å². The van der Waals surface area contributed by atoms with Crippen LogP contribution in [0.4, 0.5) is 0 Å². The third-order valence-electron chi connectivity index (χ3n) is 17.7. The molecule has 0 rings (SSSR count). The van der Waals surface area contributed by atoms with Gasteiger partial charge in [0.05, 0.1) is 26.4 Å². The van der Waals surface area contributed by atoms with Crippen molar-refractivity contribution in [2.45, 2.75) is 401 Å². The maximum absolute atomic E-state index is 13.1. The highest BCUT2D eigenvalue weighted by molar-refractivity contribution is 7.47. The molecule has 3 N–H and O–H groups in total. The number of aliphatic hydroxyl groups is 1. The lowest BCUT2D eigenvalue weighted by Gasteiger charge is -2.21. The van der Waals surface area contributed by atoms with Crippen LogP contribution in [0.15, 0.2) is 0 Å². The summed E-state index contributed by atoms with van der Waals surface area (Å²) in [6.45, 7) is 11.9. The molecule has 94 heavy (non-hydrogen) atoms. The zero-order chi connectivity index (χ0) is 69.4. The van der Waals surface area contributed by atoms with Crippen LogP contribution in [-0.4, -0.2) is 96.7 Å². The molecule has 0 saturated carbocycles. The van der Waals surface area contributed by atoms with E-state index in [0.29, 0.717) is 25.7 Å². The number of esters is 4. The Morgan fingerprint density at radius 3 is 0.809 bits per heavy atom. The van der Waals surface area contributed by atoms with Crippen LogP contribution in [0, 0.1) is 17.8 Å². The van der Waals surface area contributed by atoms with Crippen molar-refractivity contribution < 1.29 is 80.2 Å². The van der Waals surface area contributed by atoms with Gasteiger partial charge < -0.3 is 33.8 Å². The van der Waals surface area contributed by atoms with Crippen LogP contribution >= 0.6 is 15.6 Å². The average molecular weight is 1380 g/mol.